The first kappa shape index (κ1) is 17.6. The molecule has 1 aliphatic heterocycles. The standard InChI is InChI=1S/C16H22N4O5/c1-9-6-18-8-16(15(9,2)22,25-14(17)21)13-10-4-3-5-11(10)19-7-12(13)20(23)24/h7,9,18,22H,3-6,8H2,1-2H3,(H2,17,21)/t9-,15?,16-/m0/s1. The van der Waals surface area contributed by atoms with Gasteiger partial charge >= 0.3 is 6.09 Å². The predicted molar refractivity (Wildman–Crippen MR) is 87.9 cm³/mol. The number of aromatic nitrogens is 1. The molecule has 25 heavy (non-hydrogen) atoms. The second-order valence-electron chi connectivity index (χ2n) is 6.98. The van der Waals surface area contributed by atoms with E-state index in [4.69, 9.17) is 10.5 Å². The molecule has 4 N–H and O–H groups in total. The lowest BCUT2D eigenvalue weighted by Gasteiger charge is -2.51. The van der Waals surface area contributed by atoms with Crippen LogP contribution in [0.1, 0.15) is 37.1 Å². The summed E-state index contributed by atoms with van der Waals surface area (Å²) in [4.78, 5) is 27.0. The highest BCUT2D eigenvalue weighted by Gasteiger charge is 2.60. The average molecular weight is 350 g/mol. The number of nitrogens with one attached hydrogen (secondary N) is 1. The Bertz CT molecular complexity index is 735. The Morgan fingerprint density at radius 3 is 2.92 bits per heavy atom. The zero-order chi connectivity index (χ0) is 18.4. The molecule has 3 rings (SSSR count). The Morgan fingerprint density at radius 1 is 1.56 bits per heavy atom. The fourth-order valence-electron chi connectivity index (χ4n) is 4.03. The number of nitro groups is 1. The van der Waals surface area contributed by atoms with Crippen molar-refractivity contribution >= 4 is 11.8 Å². The van der Waals surface area contributed by atoms with E-state index in [1.165, 1.54) is 13.1 Å². The van der Waals surface area contributed by atoms with Gasteiger partial charge in [-0.05, 0) is 31.7 Å². The molecule has 1 aromatic rings. The second kappa shape index (κ2) is 5.92. The van der Waals surface area contributed by atoms with Crippen LogP contribution in [-0.4, -0.2) is 39.8 Å². The van der Waals surface area contributed by atoms with Gasteiger partial charge in [-0.1, -0.05) is 6.92 Å². The van der Waals surface area contributed by atoms with Gasteiger partial charge in [0, 0.05) is 24.7 Å². The zero-order valence-corrected chi connectivity index (χ0v) is 14.2. The summed E-state index contributed by atoms with van der Waals surface area (Å²) in [5, 5.41) is 26.1. The molecule has 0 aromatic carbocycles. The highest BCUT2D eigenvalue weighted by atomic mass is 16.6. The number of nitrogens with zero attached hydrogens (tertiary/aromatic N) is 2. The van der Waals surface area contributed by atoms with Crippen LogP contribution in [0.15, 0.2) is 6.20 Å². The van der Waals surface area contributed by atoms with Gasteiger partial charge in [-0.25, -0.2) is 4.79 Å². The molecule has 1 amide bonds. The number of nitrogens with two attached hydrogens (primary N) is 1. The first-order chi connectivity index (χ1) is 11.7. The third kappa shape index (κ3) is 2.54. The number of hydrogen-bond donors (Lipinski definition) is 3. The number of carbonyl (C=O) groups is 1. The number of fused-ring (bicyclic) bond motifs is 1. The van der Waals surface area contributed by atoms with Crippen LogP contribution in [0.25, 0.3) is 0 Å². The molecule has 0 bridgehead atoms. The minimum Gasteiger partial charge on any atom is -0.433 e. The average Bonchev–Trinajstić information content (AvgIpc) is 2.99. The van der Waals surface area contributed by atoms with E-state index >= 15 is 0 Å². The summed E-state index contributed by atoms with van der Waals surface area (Å²) in [6.07, 6.45) is 2.16. The van der Waals surface area contributed by atoms with Crippen molar-refractivity contribution in [2.24, 2.45) is 11.7 Å². The third-order valence-corrected chi connectivity index (χ3v) is 5.57. The van der Waals surface area contributed by atoms with Crippen LogP contribution in [0.3, 0.4) is 0 Å². The van der Waals surface area contributed by atoms with E-state index < -0.39 is 22.2 Å². The molecule has 0 spiro atoms. The Balaban J connectivity index is 2.33. The van der Waals surface area contributed by atoms with Crippen LogP contribution in [0, 0.1) is 16.0 Å². The van der Waals surface area contributed by atoms with Crippen molar-refractivity contribution in [1.29, 1.82) is 0 Å². The number of ether oxygens (including phenoxy) is 1. The fourth-order valence-corrected chi connectivity index (χ4v) is 4.03. The monoisotopic (exact) mass is 350 g/mol. The summed E-state index contributed by atoms with van der Waals surface area (Å²) in [6, 6.07) is 0. The molecule has 1 unspecified atom stereocenters. The molecule has 0 radical (unpaired) electrons. The van der Waals surface area contributed by atoms with Crippen LogP contribution in [0.5, 0.6) is 0 Å². The molecule has 1 fully saturated rings. The molecule has 9 heteroatoms. The van der Waals surface area contributed by atoms with Crippen LogP contribution in [0.2, 0.25) is 0 Å². The lowest BCUT2D eigenvalue weighted by Crippen LogP contribution is -2.67. The molecular formula is C16H22N4O5. The second-order valence-corrected chi connectivity index (χ2v) is 6.98. The van der Waals surface area contributed by atoms with Gasteiger partial charge in [-0.15, -0.1) is 0 Å². The van der Waals surface area contributed by atoms with E-state index in [1.54, 1.807) is 6.92 Å². The van der Waals surface area contributed by atoms with Crippen LogP contribution in [0.4, 0.5) is 10.5 Å². The number of amides is 1. The van der Waals surface area contributed by atoms with Crippen molar-refractivity contribution < 1.29 is 19.6 Å². The van der Waals surface area contributed by atoms with E-state index in [0.717, 1.165) is 12.1 Å². The van der Waals surface area contributed by atoms with Crippen LogP contribution >= 0.6 is 0 Å². The Hall–Kier alpha value is -2.26. The molecule has 3 atom stereocenters. The summed E-state index contributed by atoms with van der Waals surface area (Å²) in [6.45, 7) is 3.84. The molecule has 1 aromatic heterocycles. The molecular weight excluding hydrogens is 328 g/mol. The third-order valence-electron chi connectivity index (χ3n) is 5.57. The lowest BCUT2D eigenvalue weighted by atomic mass is 9.67. The molecule has 1 saturated heterocycles. The van der Waals surface area contributed by atoms with Gasteiger partial charge < -0.3 is 20.9 Å². The van der Waals surface area contributed by atoms with Crippen LogP contribution in [-0.2, 0) is 23.2 Å². The lowest BCUT2D eigenvalue weighted by molar-refractivity contribution is -0.387. The van der Waals surface area contributed by atoms with E-state index in [-0.39, 0.29) is 23.7 Å². The van der Waals surface area contributed by atoms with Crippen molar-refractivity contribution in [3.05, 3.63) is 33.1 Å². The van der Waals surface area contributed by atoms with Gasteiger partial charge in [0.15, 0.2) is 5.60 Å². The van der Waals surface area contributed by atoms with E-state index in [0.29, 0.717) is 24.9 Å². The summed E-state index contributed by atoms with van der Waals surface area (Å²) in [7, 11) is 0. The largest absolute Gasteiger partial charge is 0.433 e. The molecule has 2 aliphatic rings. The summed E-state index contributed by atoms with van der Waals surface area (Å²) < 4.78 is 5.46. The first-order valence-electron chi connectivity index (χ1n) is 8.28. The normalized spacial score (nSPS) is 31.4. The summed E-state index contributed by atoms with van der Waals surface area (Å²) >= 11 is 0. The van der Waals surface area contributed by atoms with E-state index in [9.17, 15) is 20.0 Å². The van der Waals surface area contributed by atoms with Gasteiger partial charge in [0.05, 0.1) is 10.5 Å². The topological polar surface area (TPSA) is 141 Å². The van der Waals surface area contributed by atoms with Crippen molar-refractivity contribution in [2.45, 2.75) is 44.3 Å². The van der Waals surface area contributed by atoms with Gasteiger partial charge in [-0.3, -0.25) is 15.1 Å². The van der Waals surface area contributed by atoms with Crippen molar-refractivity contribution in [2.75, 3.05) is 13.1 Å². The number of aliphatic hydroxyl groups is 1. The number of piperidine rings is 1. The van der Waals surface area contributed by atoms with Crippen molar-refractivity contribution in [3.63, 3.8) is 0 Å². The number of hydrogen-bond acceptors (Lipinski definition) is 7. The van der Waals surface area contributed by atoms with Gasteiger partial charge in [0.2, 0.25) is 0 Å². The maximum atomic E-state index is 11.7. The van der Waals surface area contributed by atoms with Crippen molar-refractivity contribution in [1.82, 2.24) is 10.3 Å². The maximum Gasteiger partial charge on any atom is 0.405 e. The van der Waals surface area contributed by atoms with Gasteiger partial charge in [0.25, 0.3) is 5.69 Å². The summed E-state index contributed by atoms with van der Waals surface area (Å²) in [5.74, 6) is -0.328. The van der Waals surface area contributed by atoms with Crippen molar-refractivity contribution in [3.8, 4) is 0 Å². The minimum atomic E-state index is -1.66. The van der Waals surface area contributed by atoms with Gasteiger partial charge in [-0.2, -0.15) is 0 Å². The van der Waals surface area contributed by atoms with Gasteiger partial charge in [0.1, 0.15) is 11.8 Å². The quantitative estimate of drug-likeness (QED) is 0.540. The SMILES string of the molecule is C[C@H]1CNC[C@](OC(N)=O)(c2c([N+](=O)[O-])cnc3c2CCC3)C1(C)O. The Labute approximate surface area is 144 Å². The molecule has 0 saturated carbocycles. The smallest absolute Gasteiger partial charge is 0.405 e. The predicted octanol–water partition coefficient (Wildman–Crippen LogP) is 0.759. The zero-order valence-electron chi connectivity index (χ0n) is 14.2. The number of rotatable bonds is 3. The van der Waals surface area contributed by atoms with E-state index in [1.807, 2.05) is 0 Å². The molecule has 2 heterocycles. The molecule has 1 aliphatic carbocycles. The Morgan fingerprint density at radius 2 is 2.28 bits per heavy atom. The molecule has 9 nitrogen and oxygen atoms in total. The highest BCUT2D eigenvalue weighted by Crippen LogP contribution is 2.49. The first-order valence-corrected chi connectivity index (χ1v) is 8.28. The minimum absolute atomic E-state index is 0.0323. The maximum absolute atomic E-state index is 11.7. The number of pyridine rings is 1. The van der Waals surface area contributed by atoms with Crippen LogP contribution < -0.4 is 11.1 Å². The number of carbonyl (C=O) groups excluding carboxylic acids is 1. The summed E-state index contributed by atoms with van der Waals surface area (Å²) in [5.41, 5.74) is 3.45. The fraction of sp³-hybridized carbons (Fsp3) is 0.625. The molecule has 136 valence electrons. The highest BCUT2D eigenvalue weighted by molar-refractivity contribution is 5.67. The van der Waals surface area contributed by atoms with E-state index in [2.05, 4.69) is 10.3 Å². The Kier molecular flexibility index (Phi) is 4.16. The number of primary amides is 1. The number of aryl methyl sites for hydroxylation is 1.